The summed E-state index contributed by atoms with van der Waals surface area (Å²) < 4.78 is 29.3. The molecule has 0 N–H and O–H groups in total. The molecule has 9 nitrogen and oxygen atoms in total. The fourth-order valence-electron chi connectivity index (χ4n) is 4.51. The van der Waals surface area contributed by atoms with Gasteiger partial charge in [0, 0.05) is 51.9 Å². The highest BCUT2D eigenvalue weighted by Crippen LogP contribution is 2.28. The van der Waals surface area contributed by atoms with Gasteiger partial charge in [-0.15, -0.1) is 0 Å². The molecule has 2 aliphatic heterocycles. The van der Waals surface area contributed by atoms with Crippen LogP contribution in [0.1, 0.15) is 23.4 Å². The number of sulfonamides is 1. The quantitative estimate of drug-likeness (QED) is 0.685. The summed E-state index contributed by atoms with van der Waals surface area (Å²) in [7, 11) is -1.96. The van der Waals surface area contributed by atoms with E-state index in [-0.39, 0.29) is 36.2 Å². The highest BCUT2D eigenvalue weighted by molar-refractivity contribution is 7.89. The van der Waals surface area contributed by atoms with E-state index < -0.39 is 15.9 Å². The molecule has 0 spiro atoms. The van der Waals surface area contributed by atoms with Gasteiger partial charge in [-0.05, 0) is 32.9 Å². The molecule has 10 heteroatoms. The van der Waals surface area contributed by atoms with Gasteiger partial charge in [-0.3, -0.25) is 14.3 Å². The van der Waals surface area contributed by atoms with Gasteiger partial charge >= 0.3 is 0 Å². The van der Waals surface area contributed by atoms with E-state index in [1.54, 1.807) is 35.4 Å². The Labute approximate surface area is 188 Å². The fraction of sp³-hybridized carbons (Fsp3) is 0.500. The number of amides is 2. The molecule has 0 radical (unpaired) electrons. The first-order valence-electron chi connectivity index (χ1n) is 10.8. The number of piperazine rings is 1. The minimum absolute atomic E-state index is 0.0593. The Kier molecular flexibility index (Phi) is 5.85. The Balaban J connectivity index is 1.41. The second-order valence-corrected chi connectivity index (χ2v) is 10.5. The lowest BCUT2D eigenvalue weighted by Crippen LogP contribution is -2.52. The zero-order valence-corrected chi connectivity index (χ0v) is 19.7. The van der Waals surface area contributed by atoms with Crippen LogP contribution in [0.4, 0.5) is 5.69 Å². The van der Waals surface area contributed by atoms with Crippen LogP contribution in [-0.4, -0.2) is 71.9 Å². The Morgan fingerprint density at radius 1 is 1.03 bits per heavy atom. The third kappa shape index (κ3) is 3.93. The average molecular weight is 460 g/mol. The molecule has 32 heavy (non-hydrogen) atoms. The second-order valence-electron chi connectivity index (χ2n) is 8.59. The number of hydrogen-bond donors (Lipinski definition) is 0. The van der Waals surface area contributed by atoms with E-state index in [4.69, 9.17) is 0 Å². The summed E-state index contributed by atoms with van der Waals surface area (Å²) in [6, 6.07) is 7.69. The molecule has 172 valence electrons. The van der Waals surface area contributed by atoms with Crippen LogP contribution in [0.5, 0.6) is 0 Å². The molecular formula is C22H29N5O4S. The number of benzene rings is 1. The van der Waals surface area contributed by atoms with E-state index in [2.05, 4.69) is 5.10 Å². The lowest BCUT2D eigenvalue weighted by atomic mass is 10.1. The number of hydrogen-bond acceptors (Lipinski definition) is 5. The summed E-state index contributed by atoms with van der Waals surface area (Å²) in [4.78, 5) is 29.2. The first-order chi connectivity index (χ1) is 15.1. The van der Waals surface area contributed by atoms with Crippen molar-refractivity contribution >= 4 is 27.5 Å². The normalized spacial score (nSPS) is 20.2. The molecule has 3 heterocycles. The molecule has 1 aromatic carbocycles. The minimum atomic E-state index is -3.68. The summed E-state index contributed by atoms with van der Waals surface area (Å²) in [6.07, 6.45) is 0.180. The van der Waals surface area contributed by atoms with Gasteiger partial charge in [0.15, 0.2) is 0 Å². The van der Waals surface area contributed by atoms with E-state index in [9.17, 15) is 18.0 Å². The van der Waals surface area contributed by atoms with Gasteiger partial charge in [-0.25, -0.2) is 8.42 Å². The van der Waals surface area contributed by atoms with Crippen LogP contribution in [0.3, 0.4) is 0 Å². The van der Waals surface area contributed by atoms with Crippen molar-refractivity contribution in [2.45, 2.75) is 32.1 Å². The third-order valence-corrected chi connectivity index (χ3v) is 8.56. The molecular weight excluding hydrogens is 430 g/mol. The van der Waals surface area contributed by atoms with Crippen molar-refractivity contribution < 1.29 is 18.0 Å². The molecule has 0 aliphatic carbocycles. The summed E-state index contributed by atoms with van der Waals surface area (Å²) in [6.45, 7) is 6.85. The van der Waals surface area contributed by atoms with E-state index in [0.29, 0.717) is 31.0 Å². The number of rotatable bonds is 4. The molecule has 4 rings (SSSR count). The maximum absolute atomic E-state index is 13.2. The highest BCUT2D eigenvalue weighted by Gasteiger charge is 2.39. The van der Waals surface area contributed by atoms with Crippen LogP contribution >= 0.6 is 0 Å². The predicted molar refractivity (Wildman–Crippen MR) is 120 cm³/mol. The number of anilines is 1. The molecule has 1 aromatic heterocycles. The Morgan fingerprint density at radius 2 is 1.66 bits per heavy atom. The third-order valence-electron chi connectivity index (χ3n) is 6.41. The Morgan fingerprint density at radius 3 is 2.22 bits per heavy atom. The molecule has 0 unspecified atom stereocenters. The molecule has 2 aromatic rings. The van der Waals surface area contributed by atoms with Gasteiger partial charge in [0.1, 0.15) is 4.90 Å². The monoisotopic (exact) mass is 459 g/mol. The van der Waals surface area contributed by atoms with Crippen molar-refractivity contribution in [3.05, 3.63) is 41.2 Å². The van der Waals surface area contributed by atoms with Gasteiger partial charge in [-0.2, -0.15) is 9.40 Å². The molecule has 2 aliphatic rings. The minimum Gasteiger partial charge on any atom is -0.340 e. The largest absolute Gasteiger partial charge is 0.340 e. The van der Waals surface area contributed by atoms with E-state index in [0.717, 1.165) is 11.3 Å². The Bertz CT molecular complexity index is 1150. The summed E-state index contributed by atoms with van der Waals surface area (Å²) in [5.74, 6) is -0.551. The van der Waals surface area contributed by atoms with Gasteiger partial charge in [-0.1, -0.05) is 17.7 Å². The summed E-state index contributed by atoms with van der Waals surface area (Å²) in [5, 5.41) is 4.22. The van der Waals surface area contributed by atoms with Crippen molar-refractivity contribution in [2.24, 2.45) is 13.0 Å². The van der Waals surface area contributed by atoms with Crippen LogP contribution in [0.25, 0.3) is 0 Å². The maximum Gasteiger partial charge on any atom is 0.246 e. The lowest BCUT2D eigenvalue weighted by Gasteiger charge is -2.35. The predicted octanol–water partition coefficient (Wildman–Crippen LogP) is 1.23. The van der Waals surface area contributed by atoms with Gasteiger partial charge in [0.25, 0.3) is 0 Å². The molecule has 2 fully saturated rings. The van der Waals surface area contributed by atoms with Crippen LogP contribution in [-0.2, 0) is 26.7 Å². The number of aromatic nitrogens is 2. The van der Waals surface area contributed by atoms with Crippen LogP contribution < -0.4 is 4.90 Å². The van der Waals surface area contributed by atoms with Crippen LogP contribution in [0.2, 0.25) is 0 Å². The summed E-state index contributed by atoms with van der Waals surface area (Å²) >= 11 is 0. The zero-order valence-electron chi connectivity index (χ0n) is 18.9. The van der Waals surface area contributed by atoms with Gasteiger partial charge < -0.3 is 9.80 Å². The number of aryl methyl sites for hydroxylation is 3. The van der Waals surface area contributed by atoms with E-state index in [1.165, 1.54) is 4.31 Å². The lowest BCUT2D eigenvalue weighted by molar-refractivity contribution is -0.136. The van der Waals surface area contributed by atoms with Crippen molar-refractivity contribution in [3.63, 3.8) is 0 Å². The maximum atomic E-state index is 13.2. The standard InChI is InChI=1S/C22H29N5O4S/c1-15-5-7-19(8-6-15)27-14-18(13-20(27)28)22(29)25-9-11-26(12-10-25)32(30,31)21-16(2)23-24(4)17(21)3/h5-8,18H,9-14H2,1-4H3/t18-/m1/s1. The van der Waals surface area contributed by atoms with Gasteiger partial charge in [0.2, 0.25) is 21.8 Å². The second kappa shape index (κ2) is 8.32. The molecule has 0 saturated carbocycles. The van der Waals surface area contributed by atoms with Crippen molar-refractivity contribution in [1.82, 2.24) is 19.0 Å². The first-order valence-corrected chi connectivity index (χ1v) is 12.2. The van der Waals surface area contributed by atoms with Crippen molar-refractivity contribution in [3.8, 4) is 0 Å². The number of carbonyl (C=O) groups is 2. The SMILES string of the molecule is Cc1ccc(N2C[C@H](C(=O)N3CCN(S(=O)(=O)c4c(C)nn(C)c4C)CC3)CC2=O)cc1. The van der Waals surface area contributed by atoms with E-state index in [1.807, 2.05) is 31.2 Å². The molecule has 1 atom stereocenters. The van der Waals surface area contributed by atoms with Crippen LogP contribution in [0, 0.1) is 26.7 Å². The molecule has 0 bridgehead atoms. The van der Waals surface area contributed by atoms with Crippen LogP contribution in [0.15, 0.2) is 29.2 Å². The fourth-order valence-corrected chi connectivity index (χ4v) is 6.33. The number of carbonyl (C=O) groups excluding carboxylic acids is 2. The zero-order chi connectivity index (χ0) is 23.2. The highest BCUT2D eigenvalue weighted by atomic mass is 32.2. The molecule has 2 saturated heterocycles. The smallest absolute Gasteiger partial charge is 0.246 e. The molecule has 2 amide bonds. The Hall–Kier alpha value is -2.72. The van der Waals surface area contributed by atoms with Crippen molar-refractivity contribution in [1.29, 1.82) is 0 Å². The van der Waals surface area contributed by atoms with Gasteiger partial charge in [0.05, 0.1) is 17.3 Å². The van der Waals surface area contributed by atoms with E-state index >= 15 is 0 Å². The average Bonchev–Trinajstić information content (AvgIpc) is 3.27. The summed E-state index contributed by atoms with van der Waals surface area (Å²) in [5.41, 5.74) is 2.98. The van der Waals surface area contributed by atoms with Crippen molar-refractivity contribution in [2.75, 3.05) is 37.6 Å². The topological polar surface area (TPSA) is 95.8 Å². The number of nitrogens with zero attached hydrogens (tertiary/aromatic N) is 5. The first kappa shape index (κ1) is 22.5.